The number of phenols is 1. The number of tetrazole rings is 1. The molecule has 9 nitrogen and oxygen atoms in total. The van der Waals surface area contributed by atoms with Crippen LogP contribution >= 0.6 is 0 Å². The Morgan fingerprint density at radius 3 is 2.33 bits per heavy atom. The van der Waals surface area contributed by atoms with Crippen LogP contribution in [0.5, 0.6) is 5.75 Å². The third kappa shape index (κ3) is 5.42. The summed E-state index contributed by atoms with van der Waals surface area (Å²) >= 11 is 0. The molecule has 2 heterocycles. The van der Waals surface area contributed by atoms with Crippen LogP contribution in [0.25, 0.3) is 11.4 Å². The first-order valence-corrected chi connectivity index (χ1v) is 11.9. The molecule has 1 aliphatic rings. The van der Waals surface area contributed by atoms with Gasteiger partial charge < -0.3 is 10.2 Å². The zero-order valence-electron chi connectivity index (χ0n) is 19.8. The van der Waals surface area contributed by atoms with E-state index < -0.39 is 5.97 Å². The maximum absolute atomic E-state index is 11.1. The topological polar surface area (TPSA) is 108 Å². The van der Waals surface area contributed by atoms with Gasteiger partial charge in [0.15, 0.2) is 5.82 Å². The highest BCUT2D eigenvalue weighted by Crippen LogP contribution is 2.32. The van der Waals surface area contributed by atoms with E-state index >= 15 is 0 Å². The summed E-state index contributed by atoms with van der Waals surface area (Å²) in [6.07, 6.45) is 0. The SMILES string of the molecule is O=C(O)Cn1nnnc1-c1ccc([C@@H](c2cccc(O)c2)N2CCN(Cc3ccccc3)CC2)cc1. The molecule has 184 valence electrons. The second-order valence-electron chi connectivity index (χ2n) is 8.97. The van der Waals surface area contributed by atoms with E-state index in [0.29, 0.717) is 5.82 Å². The van der Waals surface area contributed by atoms with E-state index in [9.17, 15) is 9.90 Å². The number of aliphatic carboxylic acids is 1. The van der Waals surface area contributed by atoms with Crippen LogP contribution in [-0.2, 0) is 17.9 Å². The molecule has 0 aliphatic carbocycles. The maximum atomic E-state index is 11.1. The zero-order chi connectivity index (χ0) is 24.9. The number of benzene rings is 3. The number of hydrogen-bond donors (Lipinski definition) is 2. The van der Waals surface area contributed by atoms with Gasteiger partial charge in [-0.1, -0.05) is 66.7 Å². The lowest BCUT2D eigenvalue weighted by molar-refractivity contribution is -0.137. The van der Waals surface area contributed by atoms with Crippen LogP contribution < -0.4 is 0 Å². The summed E-state index contributed by atoms with van der Waals surface area (Å²) < 4.78 is 1.27. The Bertz CT molecular complexity index is 1300. The lowest BCUT2D eigenvalue weighted by Gasteiger charge is -2.40. The number of phenolic OH excluding ortho intramolecular Hbond substituents is 1. The molecule has 0 unspecified atom stereocenters. The largest absolute Gasteiger partial charge is 0.508 e. The van der Waals surface area contributed by atoms with Crippen LogP contribution in [0.2, 0.25) is 0 Å². The van der Waals surface area contributed by atoms with E-state index in [4.69, 9.17) is 5.11 Å². The van der Waals surface area contributed by atoms with Crippen molar-refractivity contribution in [3.8, 4) is 17.1 Å². The highest BCUT2D eigenvalue weighted by molar-refractivity contribution is 5.67. The molecule has 2 N–H and O–H groups in total. The Kier molecular flexibility index (Phi) is 7.01. The summed E-state index contributed by atoms with van der Waals surface area (Å²) in [4.78, 5) is 16.0. The monoisotopic (exact) mass is 484 g/mol. The first kappa shape index (κ1) is 23.7. The Labute approximate surface area is 209 Å². The number of hydrogen-bond acceptors (Lipinski definition) is 7. The second-order valence-corrected chi connectivity index (χ2v) is 8.97. The van der Waals surface area contributed by atoms with E-state index in [-0.39, 0.29) is 18.3 Å². The summed E-state index contributed by atoms with van der Waals surface area (Å²) in [5, 5.41) is 30.7. The van der Waals surface area contributed by atoms with Crippen LogP contribution in [0.4, 0.5) is 0 Å². The van der Waals surface area contributed by atoms with Crippen molar-refractivity contribution in [1.29, 1.82) is 0 Å². The van der Waals surface area contributed by atoms with Gasteiger partial charge in [-0.05, 0) is 39.2 Å². The van der Waals surface area contributed by atoms with Gasteiger partial charge in [-0.25, -0.2) is 4.68 Å². The molecule has 9 heteroatoms. The number of aromatic hydroxyl groups is 1. The van der Waals surface area contributed by atoms with E-state index in [1.807, 2.05) is 48.5 Å². The molecule has 0 radical (unpaired) electrons. The van der Waals surface area contributed by atoms with Gasteiger partial charge in [0.2, 0.25) is 0 Å². The lowest BCUT2D eigenvalue weighted by Crippen LogP contribution is -2.47. The van der Waals surface area contributed by atoms with Crippen molar-refractivity contribution in [2.45, 2.75) is 19.1 Å². The molecule has 4 aromatic rings. The molecule has 1 aromatic heterocycles. The second kappa shape index (κ2) is 10.7. The first-order chi connectivity index (χ1) is 17.6. The summed E-state index contributed by atoms with van der Waals surface area (Å²) in [5.41, 5.74) is 4.16. The normalized spacial score (nSPS) is 15.6. The third-order valence-electron chi connectivity index (χ3n) is 6.51. The molecule has 5 rings (SSSR count). The molecule has 1 fully saturated rings. The fourth-order valence-electron chi connectivity index (χ4n) is 4.79. The Morgan fingerprint density at radius 2 is 1.64 bits per heavy atom. The van der Waals surface area contributed by atoms with Crippen LogP contribution in [0.1, 0.15) is 22.7 Å². The predicted octanol–water partition coefficient (Wildman–Crippen LogP) is 3.04. The average Bonchev–Trinajstić information content (AvgIpc) is 3.34. The molecule has 1 atom stereocenters. The molecule has 1 saturated heterocycles. The average molecular weight is 485 g/mol. The fraction of sp³-hybridized carbons (Fsp3) is 0.259. The summed E-state index contributed by atoms with van der Waals surface area (Å²) in [7, 11) is 0. The van der Waals surface area contributed by atoms with Gasteiger partial charge in [0.05, 0.1) is 6.04 Å². The Morgan fingerprint density at radius 1 is 0.889 bits per heavy atom. The number of piperazine rings is 1. The minimum absolute atomic E-state index is 0.0277. The van der Waals surface area contributed by atoms with Crippen molar-refractivity contribution in [2.24, 2.45) is 0 Å². The number of carboxylic acids is 1. The molecular weight excluding hydrogens is 456 g/mol. The zero-order valence-corrected chi connectivity index (χ0v) is 19.8. The van der Waals surface area contributed by atoms with Crippen LogP contribution in [0, 0.1) is 0 Å². The van der Waals surface area contributed by atoms with Gasteiger partial charge in [0.1, 0.15) is 12.3 Å². The van der Waals surface area contributed by atoms with Gasteiger partial charge in [0, 0.05) is 38.3 Å². The highest BCUT2D eigenvalue weighted by Gasteiger charge is 2.27. The maximum Gasteiger partial charge on any atom is 0.325 e. The van der Waals surface area contributed by atoms with Crippen molar-refractivity contribution < 1.29 is 15.0 Å². The standard InChI is InChI=1S/C27H28N6O3/c34-24-8-4-7-23(17-24)26(32-15-13-31(14-16-32)18-20-5-2-1-3-6-20)21-9-11-22(12-10-21)27-28-29-30-33(27)19-25(35)36/h1-12,17,26,34H,13-16,18-19H2,(H,35,36)/t26-/m0/s1. The number of carboxylic acid groups (broad SMARTS) is 1. The quantitative estimate of drug-likeness (QED) is 0.393. The van der Waals surface area contributed by atoms with E-state index in [1.165, 1.54) is 10.2 Å². The van der Waals surface area contributed by atoms with Gasteiger partial charge in [0.25, 0.3) is 0 Å². The summed E-state index contributed by atoms with van der Waals surface area (Å²) in [6.45, 7) is 4.32. The number of rotatable bonds is 8. The first-order valence-electron chi connectivity index (χ1n) is 11.9. The van der Waals surface area contributed by atoms with E-state index in [1.54, 1.807) is 6.07 Å². The van der Waals surface area contributed by atoms with Crippen molar-refractivity contribution in [3.63, 3.8) is 0 Å². The highest BCUT2D eigenvalue weighted by atomic mass is 16.4. The molecular formula is C27H28N6O3. The van der Waals surface area contributed by atoms with Crippen molar-refractivity contribution in [2.75, 3.05) is 26.2 Å². The van der Waals surface area contributed by atoms with Crippen molar-refractivity contribution in [1.82, 2.24) is 30.0 Å². The lowest BCUT2D eigenvalue weighted by atomic mass is 9.95. The Hall–Kier alpha value is -4.08. The van der Waals surface area contributed by atoms with Gasteiger partial charge in [-0.15, -0.1) is 5.10 Å². The summed E-state index contributed by atoms with van der Waals surface area (Å²) in [5.74, 6) is -0.354. The number of carbonyl (C=O) groups is 1. The molecule has 3 aromatic carbocycles. The molecule has 1 aliphatic heterocycles. The van der Waals surface area contributed by atoms with Crippen LogP contribution in [-0.4, -0.2) is 72.4 Å². The van der Waals surface area contributed by atoms with Crippen LogP contribution in [0.15, 0.2) is 78.9 Å². The predicted molar refractivity (Wildman–Crippen MR) is 134 cm³/mol. The van der Waals surface area contributed by atoms with E-state index in [0.717, 1.165) is 49.4 Å². The minimum Gasteiger partial charge on any atom is -0.508 e. The molecule has 36 heavy (non-hydrogen) atoms. The van der Waals surface area contributed by atoms with Gasteiger partial charge >= 0.3 is 5.97 Å². The third-order valence-corrected chi connectivity index (χ3v) is 6.51. The van der Waals surface area contributed by atoms with Crippen molar-refractivity contribution in [3.05, 3.63) is 95.6 Å². The molecule has 0 amide bonds. The Balaban J connectivity index is 1.37. The summed E-state index contributed by atoms with van der Waals surface area (Å²) in [6, 6.07) is 25.8. The van der Waals surface area contributed by atoms with Gasteiger partial charge in [-0.2, -0.15) is 0 Å². The van der Waals surface area contributed by atoms with Crippen LogP contribution in [0.3, 0.4) is 0 Å². The number of nitrogens with zero attached hydrogens (tertiary/aromatic N) is 6. The van der Waals surface area contributed by atoms with Gasteiger partial charge in [-0.3, -0.25) is 14.6 Å². The molecule has 0 spiro atoms. The van der Waals surface area contributed by atoms with Crippen molar-refractivity contribution >= 4 is 5.97 Å². The van der Waals surface area contributed by atoms with E-state index in [2.05, 4.69) is 49.6 Å². The minimum atomic E-state index is -1.00. The molecule has 0 saturated carbocycles. The molecule has 0 bridgehead atoms. The number of aromatic nitrogens is 4. The smallest absolute Gasteiger partial charge is 0.325 e. The fourth-order valence-corrected chi connectivity index (χ4v) is 4.79.